The standard InChI is InChI=1S/2C16H22O7S.Ca/c2*1-15(2,3)22-13(17)10-7-11(14(18)23-16(4,5)6)9-12(8-10)24(19,20)21;/h2*7-9H,1-6H3,(H,19,20,21);/q;;+2/p-2. The number of hydrogen-bond acceptors (Lipinski definition) is 14. The van der Waals surface area contributed by atoms with Gasteiger partial charge in [0.15, 0.2) is 0 Å². The Kier molecular flexibility index (Phi) is 15.7. The van der Waals surface area contributed by atoms with Crippen LogP contribution in [0.5, 0.6) is 0 Å². The summed E-state index contributed by atoms with van der Waals surface area (Å²) >= 11 is 0. The Bertz CT molecular complexity index is 1550. The molecule has 0 atom stereocenters. The largest absolute Gasteiger partial charge is 2.00 e. The van der Waals surface area contributed by atoms with Crippen LogP contribution >= 0.6 is 0 Å². The monoisotopic (exact) mass is 754 g/mol. The maximum absolute atomic E-state index is 12.1. The maximum Gasteiger partial charge on any atom is 2.00 e. The van der Waals surface area contributed by atoms with E-state index in [4.69, 9.17) is 18.9 Å². The van der Waals surface area contributed by atoms with E-state index in [1.807, 2.05) is 0 Å². The summed E-state index contributed by atoms with van der Waals surface area (Å²) in [6, 6.07) is 5.79. The molecule has 0 heterocycles. The zero-order valence-corrected chi connectivity index (χ0v) is 33.5. The van der Waals surface area contributed by atoms with E-state index in [1.54, 1.807) is 83.1 Å². The third-order valence-corrected chi connectivity index (χ3v) is 6.55. The molecule has 0 bridgehead atoms. The summed E-state index contributed by atoms with van der Waals surface area (Å²) in [6.45, 7) is 19.6. The van der Waals surface area contributed by atoms with Gasteiger partial charge in [-0.1, -0.05) is 0 Å². The van der Waals surface area contributed by atoms with Crippen molar-refractivity contribution in [3.8, 4) is 0 Å². The van der Waals surface area contributed by atoms with Gasteiger partial charge in [-0.05, 0) is 119 Å². The Morgan fingerprint density at radius 2 is 0.592 bits per heavy atom. The summed E-state index contributed by atoms with van der Waals surface area (Å²) in [4.78, 5) is 47.1. The maximum atomic E-state index is 12.1. The zero-order chi connectivity index (χ0) is 37.8. The summed E-state index contributed by atoms with van der Waals surface area (Å²) in [5.74, 6) is -3.40. The first-order valence-corrected chi connectivity index (χ1v) is 17.1. The molecule has 0 aromatic heterocycles. The Labute approximate surface area is 317 Å². The normalized spacial score (nSPS) is 12.4. The molecule has 49 heavy (non-hydrogen) atoms. The summed E-state index contributed by atoms with van der Waals surface area (Å²) in [6.07, 6.45) is 0. The molecule has 0 N–H and O–H groups in total. The smallest absolute Gasteiger partial charge is 0.744 e. The van der Waals surface area contributed by atoms with Gasteiger partial charge >= 0.3 is 61.6 Å². The number of carbonyl (C=O) groups is 4. The molecular formula is C32H42CaO14S2. The van der Waals surface area contributed by atoms with Crippen LogP contribution in [0.3, 0.4) is 0 Å². The van der Waals surface area contributed by atoms with Crippen molar-refractivity contribution >= 4 is 81.9 Å². The van der Waals surface area contributed by atoms with Crippen molar-refractivity contribution in [2.75, 3.05) is 0 Å². The first-order chi connectivity index (χ1) is 21.2. The molecule has 0 aliphatic heterocycles. The van der Waals surface area contributed by atoms with Crippen molar-refractivity contribution in [3.05, 3.63) is 58.7 Å². The molecule has 0 spiro atoms. The second-order valence-electron chi connectivity index (χ2n) is 14.4. The van der Waals surface area contributed by atoms with E-state index >= 15 is 0 Å². The molecule has 2 aromatic carbocycles. The predicted octanol–water partition coefficient (Wildman–Crippen LogP) is 4.62. The molecule has 14 nitrogen and oxygen atoms in total. The van der Waals surface area contributed by atoms with E-state index in [9.17, 15) is 45.1 Å². The van der Waals surface area contributed by atoms with Crippen molar-refractivity contribution in [2.45, 2.75) is 115 Å². The van der Waals surface area contributed by atoms with Gasteiger partial charge in [0.05, 0.1) is 32.0 Å². The summed E-state index contributed by atoms with van der Waals surface area (Å²) in [5.41, 5.74) is -4.17. The summed E-state index contributed by atoms with van der Waals surface area (Å²) in [7, 11) is -9.74. The van der Waals surface area contributed by atoms with E-state index in [1.165, 1.54) is 0 Å². The molecule has 0 amide bonds. The third kappa shape index (κ3) is 17.8. The van der Waals surface area contributed by atoms with Crippen molar-refractivity contribution in [1.29, 1.82) is 0 Å². The molecule has 268 valence electrons. The van der Waals surface area contributed by atoms with Crippen molar-refractivity contribution in [3.63, 3.8) is 0 Å². The average Bonchev–Trinajstić information content (AvgIpc) is 2.83. The quantitative estimate of drug-likeness (QED) is 0.170. The fourth-order valence-electron chi connectivity index (χ4n) is 3.31. The Morgan fingerprint density at radius 1 is 0.429 bits per heavy atom. The predicted molar refractivity (Wildman–Crippen MR) is 175 cm³/mol. The topological polar surface area (TPSA) is 220 Å². The Morgan fingerprint density at radius 3 is 0.714 bits per heavy atom. The third-order valence-electron chi connectivity index (χ3n) is 4.93. The van der Waals surface area contributed by atoms with Gasteiger partial charge in [-0.3, -0.25) is 0 Å². The number of benzene rings is 2. The van der Waals surface area contributed by atoms with Crippen LogP contribution in [0.25, 0.3) is 0 Å². The summed E-state index contributed by atoms with van der Waals surface area (Å²) in [5, 5.41) is 0. The van der Waals surface area contributed by atoms with Gasteiger partial charge < -0.3 is 28.1 Å². The molecular weight excluding hydrogens is 713 g/mol. The van der Waals surface area contributed by atoms with Crippen molar-refractivity contribution in [2.24, 2.45) is 0 Å². The van der Waals surface area contributed by atoms with E-state index in [0.29, 0.717) is 0 Å². The SMILES string of the molecule is CC(C)(C)OC(=O)c1cc(C(=O)OC(C)(C)C)cc(S(=O)(=O)[O-])c1.CC(C)(C)OC(=O)c1cc(C(=O)OC(C)(C)C)cc(S(=O)(=O)[O-])c1.[Ca+2]. The van der Waals surface area contributed by atoms with E-state index < -0.39 is 76.3 Å². The number of esters is 4. The van der Waals surface area contributed by atoms with Gasteiger partial charge in [0.25, 0.3) is 0 Å². The molecule has 0 unspecified atom stereocenters. The van der Waals surface area contributed by atoms with Gasteiger partial charge in [0.1, 0.15) is 42.6 Å². The van der Waals surface area contributed by atoms with E-state index in [-0.39, 0.29) is 60.0 Å². The van der Waals surface area contributed by atoms with Crippen LogP contribution in [0.1, 0.15) is 125 Å². The molecule has 17 heteroatoms. The number of carbonyl (C=O) groups excluding carboxylic acids is 4. The Hall–Kier alpha value is -2.60. The number of ether oxygens (including phenoxy) is 4. The zero-order valence-electron chi connectivity index (χ0n) is 29.7. The molecule has 0 aliphatic carbocycles. The first-order valence-electron chi connectivity index (χ1n) is 14.3. The molecule has 0 radical (unpaired) electrons. The molecule has 0 fully saturated rings. The van der Waals surface area contributed by atoms with Crippen LogP contribution in [0.2, 0.25) is 0 Å². The Balaban J connectivity index is 0.000000922. The van der Waals surface area contributed by atoms with Gasteiger partial charge in [0, 0.05) is 0 Å². The number of hydrogen-bond donors (Lipinski definition) is 0. The van der Waals surface area contributed by atoms with Gasteiger partial charge in [0.2, 0.25) is 0 Å². The van der Waals surface area contributed by atoms with Crippen LogP contribution in [0.15, 0.2) is 46.2 Å². The van der Waals surface area contributed by atoms with E-state index in [2.05, 4.69) is 0 Å². The van der Waals surface area contributed by atoms with Gasteiger partial charge in [-0.2, -0.15) is 0 Å². The number of rotatable bonds is 6. The first kappa shape index (κ1) is 46.4. The van der Waals surface area contributed by atoms with Crippen LogP contribution in [-0.4, -0.2) is 110 Å². The molecule has 2 rings (SSSR count). The second-order valence-corrected chi connectivity index (χ2v) is 17.2. The minimum Gasteiger partial charge on any atom is -0.744 e. The van der Waals surface area contributed by atoms with Crippen LogP contribution in [0.4, 0.5) is 0 Å². The molecule has 0 saturated heterocycles. The van der Waals surface area contributed by atoms with Crippen LogP contribution in [-0.2, 0) is 39.2 Å². The van der Waals surface area contributed by atoms with E-state index in [0.717, 1.165) is 36.4 Å². The van der Waals surface area contributed by atoms with Crippen LogP contribution in [0, 0.1) is 0 Å². The second kappa shape index (κ2) is 16.6. The molecule has 2 aromatic rings. The van der Waals surface area contributed by atoms with Crippen molar-refractivity contribution < 1.29 is 64.1 Å². The minimum absolute atomic E-state index is 0. The average molecular weight is 755 g/mol. The summed E-state index contributed by atoms with van der Waals surface area (Å²) < 4.78 is 88.3. The molecule has 0 aliphatic rings. The van der Waals surface area contributed by atoms with Gasteiger partial charge in [-0.15, -0.1) is 0 Å². The fourth-order valence-corrected chi connectivity index (χ4v) is 4.39. The van der Waals surface area contributed by atoms with Crippen molar-refractivity contribution in [1.82, 2.24) is 0 Å². The molecule has 0 saturated carbocycles. The van der Waals surface area contributed by atoms with Gasteiger partial charge in [-0.25, -0.2) is 36.0 Å². The fraction of sp³-hybridized carbons (Fsp3) is 0.500. The van der Waals surface area contributed by atoms with Crippen LogP contribution < -0.4 is 0 Å². The minimum atomic E-state index is -4.87.